The average molecular weight is 403 g/mol. The Morgan fingerprint density at radius 1 is 0.931 bits per heavy atom. The highest BCUT2D eigenvalue weighted by molar-refractivity contribution is 7.13. The van der Waals surface area contributed by atoms with Gasteiger partial charge in [0.05, 0.1) is 17.6 Å². The van der Waals surface area contributed by atoms with Gasteiger partial charge in [-0.3, -0.25) is 14.3 Å². The first-order valence-electron chi connectivity index (χ1n) is 8.81. The van der Waals surface area contributed by atoms with Crippen molar-refractivity contribution in [3.63, 3.8) is 0 Å². The number of hydrogen-bond acceptors (Lipinski definition) is 5. The van der Waals surface area contributed by atoms with Crippen LogP contribution in [0, 0.1) is 0 Å². The van der Waals surface area contributed by atoms with E-state index in [-0.39, 0.29) is 11.8 Å². The second kappa shape index (κ2) is 8.07. The van der Waals surface area contributed by atoms with Crippen LogP contribution in [-0.4, -0.2) is 26.6 Å². The molecule has 4 rings (SSSR count). The highest BCUT2D eigenvalue weighted by Crippen LogP contribution is 2.25. The van der Waals surface area contributed by atoms with E-state index < -0.39 is 0 Å². The van der Waals surface area contributed by atoms with Gasteiger partial charge in [-0.05, 0) is 24.3 Å². The van der Waals surface area contributed by atoms with Gasteiger partial charge < -0.3 is 10.6 Å². The van der Waals surface area contributed by atoms with Crippen LogP contribution in [-0.2, 0) is 7.05 Å². The maximum atomic E-state index is 12.7. The Hall–Kier alpha value is -3.78. The fraction of sp³-hybridized carbons (Fsp3) is 0.0476. The minimum Gasteiger partial charge on any atom is -0.320 e. The zero-order valence-electron chi connectivity index (χ0n) is 15.5. The van der Waals surface area contributed by atoms with Crippen molar-refractivity contribution in [1.29, 1.82) is 0 Å². The molecule has 4 aromatic rings. The Morgan fingerprint density at radius 3 is 2.24 bits per heavy atom. The first-order chi connectivity index (χ1) is 14.1. The van der Waals surface area contributed by atoms with Crippen LogP contribution in [0.1, 0.15) is 20.8 Å². The van der Waals surface area contributed by atoms with Gasteiger partial charge in [-0.2, -0.15) is 5.10 Å². The Labute approximate surface area is 171 Å². The molecule has 2 amide bonds. The maximum absolute atomic E-state index is 12.7. The van der Waals surface area contributed by atoms with Crippen molar-refractivity contribution in [2.75, 3.05) is 10.6 Å². The molecular formula is C21H17N5O2S. The second-order valence-electron chi connectivity index (χ2n) is 6.26. The molecule has 0 unspecified atom stereocenters. The van der Waals surface area contributed by atoms with Gasteiger partial charge in [0.15, 0.2) is 0 Å². The van der Waals surface area contributed by atoms with Gasteiger partial charge in [0.1, 0.15) is 10.7 Å². The van der Waals surface area contributed by atoms with Crippen LogP contribution in [0.5, 0.6) is 0 Å². The second-order valence-corrected chi connectivity index (χ2v) is 7.12. The normalized spacial score (nSPS) is 10.5. The number of nitrogens with zero attached hydrogens (tertiary/aromatic N) is 3. The molecule has 0 aliphatic heterocycles. The van der Waals surface area contributed by atoms with E-state index in [1.807, 2.05) is 19.3 Å². The van der Waals surface area contributed by atoms with E-state index in [1.165, 1.54) is 11.3 Å². The summed E-state index contributed by atoms with van der Waals surface area (Å²) in [5, 5.41) is 12.2. The zero-order valence-corrected chi connectivity index (χ0v) is 16.3. The summed E-state index contributed by atoms with van der Waals surface area (Å²) in [5.41, 5.74) is 2.70. The summed E-state index contributed by atoms with van der Waals surface area (Å²) >= 11 is 1.37. The van der Waals surface area contributed by atoms with Crippen molar-refractivity contribution in [3.05, 3.63) is 83.6 Å². The summed E-state index contributed by atoms with van der Waals surface area (Å²) in [5.74, 6) is -0.599. The molecule has 0 saturated carbocycles. The standard InChI is InChI=1S/C21H17N5O2S/c1-26-12-15(11-22-26)21-25-18(13-29-21)20(28)24-17-10-6-5-9-16(17)23-19(27)14-7-3-2-4-8-14/h2-13H,1H3,(H,23,27)(H,24,28). The van der Waals surface area contributed by atoms with E-state index >= 15 is 0 Å². The number of aromatic nitrogens is 3. The highest BCUT2D eigenvalue weighted by Gasteiger charge is 2.15. The fourth-order valence-corrected chi connectivity index (χ4v) is 3.49. The molecule has 0 bridgehead atoms. The lowest BCUT2D eigenvalue weighted by Gasteiger charge is -2.11. The van der Waals surface area contributed by atoms with Crippen molar-refractivity contribution < 1.29 is 9.59 Å². The lowest BCUT2D eigenvalue weighted by molar-refractivity contribution is 0.101. The predicted molar refractivity (Wildman–Crippen MR) is 113 cm³/mol. The van der Waals surface area contributed by atoms with E-state index in [0.29, 0.717) is 27.6 Å². The molecule has 0 atom stereocenters. The Morgan fingerprint density at radius 2 is 1.59 bits per heavy atom. The predicted octanol–water partition coefficient (Wildman–Crippen LogP) is 4.05. The summed E-state index contributed by atoms with van der Waals surface area (Å²) in [7, 11) is 1.82. The van der Waals surface area contributed by atoms with Crippen molar-refractivity contribution >= 4 is 34.5 Å². The summed E-state index contributed by atoms with van der Waals surface area (Å²) in [6.45, 7) is 0. The van der Waals surface area contributed by atoms with Crippen LogP contribution in [0.25, 0.3) is 10.6 Å². The maximum Gasteiger partial charge on any atom is 0.275 e. The molecule has 0 saturated heterocycles. The Bertz CT molecular complexity index is 1170. The largest absolute Gasteiger partial charge is 0.320 e. The molecule has 0 spiro atoms. The van der Waals surface area contributed by atoms with E-state index in [1.54, 1.807) is 64.8 Å². The molecule has 2 N–H and O–H groups in total. The lowest BCUT2D eigenvalue weighted by Crippen LogP contribution is -2.17. The highest BCUT2D eigenvalue weighted by atomic mass is 32.1. The molecule has 2 aromatic carbocycles. The summed E-state index contributed by atoms with van der Waals surface area (Å²) in [6.07, 6.45) is 3.55. The quantitative estimate of drug-likeness (QED) is 0.526. The molecule has 0 radical (unpaired) electrons. The van der Waals surface area contributed by atoms with Gasteiger partial charge in [0, 0.05) is 29.8 Å². The number of anilines is 2. The Balaban J connectivity index is 1.50. The van der Waals surface area contributed by atoms with Crippen molar-refractivity contribution in [1.82, 2.24) is 14.8 Å². The average Bonchev–Trinajstić information content (AvgIpc) is 3.39. The molecule has 8 heteroatoms. The minimum atomic E-state index is -0.349. The molecule has 0 aliphatic rings. The summed E-state index contributed by atoms with van der Waals surface area (Å²) in [4.78, 5) is 29.5. The van der Waals surface area contributed by atoms with Gasteiger partial charge in [-0.1, -0.05) is 30.3 Å². The molecule has 0 fully saturated rings. The van der Waals surface area contributed by atoms with Crippen LogP contribution >= 0.6 is 11.3 Å². The molecule has 144 valence electrons. The van der Waals surface area contributed by atoms with Gasteiger partial charge in [-0.25, -0.2) is 4.98 Å². The number of para-hydroxylation sites is 2. The molecule has 2 aromatic heterocycles. The third-order valence-corrected chi connectivity index (χ3v) is 5.04. The molecular weight excluding hydrogens is 386 g/mol. The number of nitrogens with one attached hydrogen (secondary N) is 2. The number of hydrogen-bond donors (Lipinski definition) is 2. The van der Waals surface area contributed by atoms with Gasteiger partial charge in [-0.15, -0.1) is 11.3 Å². The van der Waals surface area contributed by atoms with Crippen molar-refractivity contribution in [2.24, 2.45) is 7.05 Å². The summed E-state index contributed by atoms with van der Waals surface area (Å²) < 4.78 is 1.68. The van der Waals surface area contributed by atoms with Crippen molar-refractivity contribution in [2.45, 2.75) is 0 Å². The SMILES string of the molecule is Cn1cc(-c2nc(C(=O)Nc3ccccc3NC(=O)c3ccccc3)cs2)cn1. The molecule has 29 heavy (non-hydrogen) atoms. The number of carbonyl (C=O) groups is 2. The minimum absolute atomic E-state index is 0.250. The van der Waals surface area contributed by atoms with Gasteiger partial charge in [0.2, 0.25) is 0 Å². The zero-order chi connectivity index (χ0) is 20.2. The monoisotopic (exact) mass is 403 g/mol. The number of benzene rings is 2. The summed E-state index contributed by atoms with van der Waals surface area (Å²) in [6, 6.07) is 15.9. The third-order valence-electron chi connectivity index (χ3n) is 4.15. The van der Waals surface area contributed by atoms with E-state index in [2.05, 4.69) is 20.7 Å². The lowest BCUT2D eigenvalue weighted by atomic mass is 10.2. The van der Waals surface area contributed by atoms with Crippen LogP contribution in [0.2, 0.25) is 0 Å². The van der Waals surface area contributed by atoms with Crippen LogP contribution in [0.3, 0.4) is 0 Å². The number of rotatable bonds is 5. The third kappa shape index (κ3) is 4.22. The smallest absolute Gasteiger partial charge is 0.275 e. The molecule has 7 nitrogen and oxygen atoms in total. The van der Waals surface area contributed by atoms with Crippen LogP contribution < -0.4 is 10.6 Å². The Kier molecular flexibility index (Phi) is 5.17. The number of carbonyl (C=O) groups excluding carboxylic acids is 2. The first kappa shape index (κ1) is 18.6. The van der Waals surface area contributed by atoms with E-state index in [4.69, 9.17) is 0 Å². The van der Waals surface area contributed by atoms with Gasteiger partial charge in [0.25, 0.3) is 11.8 Å². The van der Waals surface area contributed by atoms with Crippen LogP contribution in [0.4, 0.5) is 11.4 Å². The fourth-order valence-electron chi connectivity index (χ4n) is 2.71. The number of aryl methyl sites for hydroxylation is 1. The molecule has 2 heterocycles. The van der Waals surface area contributed by atoms with E-state index in [0.717, 1.165) is 5.56 Å². The van der Waals surface area contributed by atoms with Crippen molar-refractivity contribution in [3.8, 4) is 10.6 Å². The van der Waals surface area contributed by atoms with E-state index in [9.17, 15) is 9.59 Å². The first-order valence-corrected chi connectivity index (χ1v) is 9.69. The van der Waals surface area contributed by atoms with Gasteiger partial charge >= 0.3 is 0 Å². The topological polar surface area (TPSA) is 88.9 Å². The number of thiazole rings is 1. The van der Waals surface area contributed by atoms with Crippen LogP contribution in [0.15, 0.2) is 72.4 Å². The molecule has 0 aliphatic carbocycles. The number of amides is 2.